The first-order chi connectivity index (χ1) is 6.90. The first-order valence-electron chi connectivity index (χ1n) is 4.82. The number of aliphatic hydroxyl groups excluding tert-OH is 1. The Morgan fingerprint density at radius 2 is 2.21 bits per heavy atom. The topological polar surface area (TPSA) is 33.1 Å². The number of rotatable bonds is 2. The van der Waals surface area contributed by atoms with Crippen molar-refractivity contribution in [2.45, 2.75) is 19.4 Å². The smallest absolute Gasteiger partial charge is 0.0697 e. The second kappa shape index (κ2) is 4.20. The van der Waals surface area contributed by atoms with E-state index in [0.717, 1.165) is 24.0 Å². The summed E-state index contributed by atoms with van der Waals surface area (Å²) in [6, 6.07) is 1.98. The summed E-state index contributed by atoms with van der Waals surface area (Å²) in [5, 5.41) is 8.98. The summed E-state index contributed by atoms with van der Waals surface area (Å²) in [5.41, 5.74) is 3.16. The van der Waals surface area contributed by atoms with Gasteiger partial charge in [0.25, 0.3) is 0 Å². The normalized spacial score (nSPS) is 15.4. The fourth-order valence-electron chi connectivity index (χ4n) is 1.56. The van der Waals surface area contributed by atoms with Gasteiger partial charge in [0.05, 0.1) is 6.61 Å². The molecule has 72 valence electrons. The van der Waals surface area contributed by atoms with E-state index in [-0.39, 0.29) is 6.61 Å². The summed E-state index contributed by atoms with van der Waals surface area (Å²) in [7, 11) is 0. The Labute approximate surface area is 83.6 Å². The van der Waals surface area contributed by atoms with Gasteiger partial charge in [0.15, 0.2) is 0 Å². The monoisotopic (exact) mass is 187 g/mol. The minimum atomic E-state index is 0.0534. The number of pyridine rings is 1. The average Bonchev–Trinajstić information content (AvgIpc) is 2.30. The number of aromatic nitrogens is 1. The fraction of sp³-hybridized carbons (Fsp3) is 0.250. The van der Waals surface area contributed by atoms with Crippen molar-refractivity contribution >= 4 is 5.57 Å². The van der Waals surface area contributed by atoms with Crippen molar-refractivity contribution in [2.24, 2.45) is 0 Å². The summed E-state index contributed by atoms with van der Waals surface area (Å²) in [5.74, 6) is 0. The van der Waals surface area contributed by atoms with E-state index in [1.54, 1.807) is 6.20 Å². The second-order valence-electron chi connectivity index (χ2n) is 3.38. The second-order valence-corrected chi connectivity index (χ2v) is 3.38. The van der Waals surface area contributed by atoms with Gasteiger partial charge in [-0.15, -0.1) is 0 Å². The van der Waals surface area contributed by atoms with Gasteiger partial charge in [-0.3, -0.25) is 4.98 Å². The molecule has 0 saturated carbocycles. The molecule has 0 spiro atoms. The molecule has 0 radical (unpaired) electrons. The van der Waals surface area contributed by atoms with E-state index in [9.17, 15) is 0 Å². The van der Waals surface area contributed by atoms with Crippen molar-refractivity contribution in [3.05, 3.63) is 47.8 Å². The molecule has 1 aromatic heterocycles. The molecule has 0 amide bonds. The molecule has 1 aromatic rings. The highest BCUT2D eigenvalue weighted by Gasteiger charge is 2.02. The summed E-state index contributed by atoms with van der Waals surface area (Å²) < 4.78 is 0. The van der Waals surface area contributed by atoms with Crippen molar-refractivity contribution < 1.29 is 5.11 Å². The molecule has 1 N–H and O–H groups in total. The first kappa shape index (κ1) is 9.16. The zero-order valence-electron chi connectivity index (χ0n) is 7.98. The zero-order valence-corrected chi connectivity index (χ0v) is 7.98. The van der Waals surface area contributed by atoms with Gasteiger partial charge in [-0.1, -0.05) is 18.2 Å². The molecule has 0 saturated heterocycles. The van der Waals surface area contributed by atoms with Crippen LogP contribution in [0.3, 0.4) is 0 Å². The van der Waals surface area contributed by atoms with Crippen LogP contribution in [0.4, 0.5) is 0 Å². The predicted molar refractivity (Wildman–Crippen MR) is 56.5 cm³/mol. The SMILES string of the molecule is OCc1cncc(C2=CCCC=C2)c1. The molecule has 14 heavy (non-hydrogen) atoms. The molecule has 2 nitrogen and oxygen atoms in total. The van der Waals surface area contributed by atoms with Crippen LogP contribution in [-0.2, 0) is 6.61 Å². The number of hydrogen-bond acceptors (Lipinski definition) is 2. The lowest BCUT2D eigenvalue weighted by Gasteiger charge is -2.07. The van der Waals surface area contributed by atoms with Crippen molar-refractivity contribution in [1.82, 2.24) is 4.98 Å². The van der Waals surface area contributed by atoms with Crippen molar-refractivity contribution in [3.63, 3.8) is 0 Å². The number of aliphatic hydroxyl groups is 1. The van der Waals surface area contributed by atoms with E-state index >= 15 is 0 Å². The van der Waals surface area contributed by atoms with Crippen LogP contribution in [0.1, 0.15) is 24.0 Å². The maximum atomic E-state index is 8.98. The third kappa shape index (κ3) is 1.91. The Morgan fingerprint density at radius 1 is 1.29 bits per heavy atom. The van der Waals surface area contributed by atoms with Crippen molar-refractivity contribution in [3.8, 4) is 0 Å². The Bertz CT molecular complexity index is 380. The Balaban J connectivity index is 2.31. The third-order valence-corrected chi connectivity index (χ3v) is 2.31. The quantitative estimate of drug-likeness (QED) is 0.770. The zero-order chi connectivity index (χ0) is 9.80. The van der Waals surface area contributed by atoms with Crippen LogP contribution in [0.5, 0.6) is 0 Å². The lowest BCUT2D eigenvalue weighted by molar-refractivity contribution is 0.281. The van der Waals surface area contributed by atoms with Crippen LogP contribution in [0.2, 0.25) is 0 Å². The highest BCUT2D eigenvalue weighted by atomic mass is 16.3. The molecule has 0 fully saturated rings. The van der Waals surface area contributed by atoms with E-state index < -0.39 is 0 Å². The van der Waals surface area contributed by atoms with E-state index in [4.69, 9.17) is 5.11 Å². The standard InChI is InChI=1S/C12H13NO/c14-9-10-6-12(8-13-7-10)11-4-2-1-3-5-11/h2,4-8,14H,1,3,9H2. The lowest BCUT2D eigenvalue weighted by atomic mass is 10.0. The van der Waals surface area contributed by atoms with Crippen LogP contribution in [0.15, 0.2) is 36.7 Å². The van der Waals surface area contributed by atoms with Gasteiger partial charge in [-0.25, -0.2) is 0 Å². The molecule has 0 atom stereocenters. The van der Waals surface area contributed by atoms with Gasteiger partial charge in [-0.05, 0) is 30.0 Å². The molecule has 2 rings (SSSR count). The van der Waals surface area contributed by atoms with Gasteiger partial charge < -0.3 is 5.11 Å². The summed E-state index contributed by atoms with van der Waals surface area (Å²) in [4.78, 5) is 4.10. The summed E-state index contributed by atoms with van der Waals surface area (Å²) in [6.45, 7) is 0.0534. The van der Waals surface area contributed by atoms with Gasteiger partial charge >= 0.3 is 0 Å². The third-order valence-electron chi connectivity index (χ3n) is 2.31. The molecule has 2 heteroatoms. The molecule has 0 aliphatic heterocycles. The van der Waals surface area contributed by atoms with Crippen molar-refractivity contribution in [2.75, 3.05) is 0 Å². The molecular formula is C12H13NO. The fourth-order valence-corrected chi connectivity index (χ4v) is 1.56. The molecule has 1 aliphatic carbocycles. The average molecular weight is 187 g/mol. The predicted octanol–water partition coefficient (Wildman–Crippen LogP) is 2.31. The molecule has 1 heterocycles. The molecular weight excluding hydrogens is 174 g/mol. The van der Waals surface area contributed by atoms with E-state index in [0.29, 0.717) is 0 Å². The molecule has 0 aromatic carbocycles. The van der Waals surface area contributed by atoms with Crippen molar-refractivity contribution in [1.29, 1.82) is 0 Å². The van der Waals surface area contributed by atoms with E-state index in [2.05, 4.69) is 23.2 Å². The highest BCUT2D eigenvalue weighted by molar-refractivity contribution is 5.74. The summed E-state index contributed by atoms with van der Waals surface area (Å²) in [6.07, 6.45) is 12.2. The van der Waals surface area contributed by atoms with Gasteiger partial charge in [0, 0.05) is 18.0 Å². The number of allylic oxidation sites excluding steroid dienone is 4. The number of hydrogen-bond donors (Lipinski definition) is 1. The van der Waals surface area contributed by atoms with E-state index in [1.807, 2.05) is 12.3 Å². The Kier molecular flexibility index (Phi) is 2.75. The van der Waals surface area contributed by atoms with Gasteiger partial charge in [0.2, 0.25) is 0 Å². The van der Waals surface area contributed by atoms with Crippen LogP contribution in [0, 0.1) is 0 Å². The minimum absolute atomic E-state index is 0.0534. The van der Waals surface area contributed by atoms with Crippen LogP contribution >= 0.6 is 0 Å². The largest absolute Gasteiger partial charge is 0.392 e. The minimum Gasteiger partial charge on any atom is -0.392 e. The Morgan fingerprint density at radius 3 is 2.93 bits per heavy atom. The van der Waals surface area contributed by atoms with Gasteiger partial charge in [0.1, 0.15) is 0 Å². The maximum absolute atomic E-state index is 8.98. The highest BCUT2D eigenvalue weighted by Crippen LogP contribution is 2.21. The lowest BCUT2D eigenvalue weighted by Crippen LogP contribution is -1.91. The molecule has 1 aliphatic rings. The number of nitrogens with zero attached hydrogens (tertiary/aromatic N) is 1. The van der Waals surface area contributed by atoms with Crippen LogP contribution < -0.4 is 0 Å². The van der Waals surface area contributed by atoms with E-state index in [1.165, 1.54) is 5.57 Å². The molecule has 0 bridgehead atoms. The van der Waals surface area contributed by atoms with Crippen LogP contribution in [0.25, 0.3) is 5.57 Å². The first-order valence-corrected chi connectivity index (χ1v) is 4.82. The maximum Gasteiger partial charge on any atom is 0.0697 e. The summed E-state index contributed by atoms with van der Waals surface area (Å²) >= 11 is 0. The van der Waals surface area contributed by atoms with Gasteiger partial charge in [-0.2, -0.15) is 0 Å². The molecule has 0 unspecified atom stereocenters. The Hall–Kier alpha value is -1.41. The van der Waals surface area contributed by atoms with Crippen LogP contribution in [-0.4, -0.2) is 10.1 Å².